The van der Waals surface area contributed by atoms with E-state index >= 15 is 0 Å². The van der Waals surface area contributed by atoms with E-state index in [1.165, 1.54) is 5.57 Å². The fourth-order valence-corrected chi connectivity index (χ4v) is 1.04. The van der Waals surface area contributed by atoms with E-state index in [1.807, 2.05) is 13.0 Å². The highest BCUT2D eigenvalue weighted by Crippen LogP contribution is 2.08. The monoisotopic (exact) mass is 200 g/mol. The van der Waals surface area contributed by atoms with Gasteiger partial charge in [-0.1, -0.05) is 30.4 Å². The fourth-order valence-electron chi connectivity index (χ4n) is 1.04. The minimum atomic E-state index is 0.687. The smallest absolute Gasteiger partial charge is 0.158 e. The first-order valence-corrected chi connectivity index (χ1v) is 4.98. The quantitative estimate of drug-likeness (QED) is 0.550. The Morgan fingerprint density at radius 2 is 2.07 bits per heavy atom. The van der Waals surface area contributed by atoms with Gasteiger partial charge in [-0.2, -0.15) is 0 Å². The number of rotatable bonds is 4. The molecule has 78 valence electrons. The third-order valence-corrected chi connectivity index (χ3v) is 2.10. The summed E-state index contributed by atoms with van der Waals surface area (Å²) in [7, 11) is 0. The lowest BCUT2D eigenvalue weighted by Gasteiger charge is -1.97. The molecule has 0 saturated heterocycles. The second-order valence-corrected chi connectivity index (χ2v) is 3.34. The molecule has 0 aromatic carbocycles. The molecule has 0 bridgehead atoms. The lowest BCUT2D eigenvalue weighted by Crippen LogP contribution is -1.88. The first-order valence-electron chi connectivity index (χ1n) is 4.98. The highest BCUT2D eigenvalue weighted by Gasteiger charge is 1.95. The van der Waals surface area contributed by atoms with Gasteiger partial charge >= 0.3 is 0 Å². The van der Waals surface area contributed by atoms with Gasteiger partial charge in [0.05, 0.1) is 0 Å². The van der Waals surface area contributed by atoms with Crippen molar-refractivity contribution in [3.8, 4) is 0 Å². The summed E-state index contributed by atoms with van der Waals surface area (Å²) in [6.45, 7) is 8.06. The van der Waals surface area contributed by atoms with Gasteiger partial charge in [-0.25, -0.2) is 9.97 Å². The van der Waals surface area contributed by atoms with Gasteiger partial charge in [0.2, 0.25) is 0 Å². The van der Waals surface area contributed by atoms with Crippen molar-refractivity contribution in [3.05, 3.63) is 54.7 Å². The fraction of sp³-hybridized carbons (Fsp3) is 0.231. The second-order valence-electron chi connectivity index (χ2n) is 3.34. The molecule has 0 unspecified atom stereocenters. The summed E-state index contributed by atoms with van der Waals surface area (Å²) < 4.78 is 0. The van der Waals surface area contributed by atoms with Crippen molar-refractivity contribution in [1.82, 2.24) is 9.97 Å². The lowest BCUT2D eigenvalue weighted by molar-refractivity contribution is 1.12. The largest absolute Gasteiger partial charge is 0.237 e. The van der Waals surface area contributed by atoms with Crippen LogP contribution in [0, 0.1) is 0 Å². The molecule has 0 saturated carbocycles. The van der Waals surface area contributed by atoms with Crippen molar-refractivity contribution in [3.63, 3.8) is 0 Å². The minimum Gasteiger partial charge on any atom is -0.237 e. The molecule has 0 atom stereocenters. The summed E-state index contributed by atoms with van der Waals surface area (Å²) in [5, 5.41) is 0. The van der Waals surface area contributed by atoms with Gasteiger partial charge in [0.25, 0.3) is 0 Å². The number of allylic oxidation sites excluding steroid dienone is 5. The summed E-state index contributed by atoms with van der Waals surface area (Å²) >= 11 is 0. The van der Waals surface area contributed by atoms with Crippen LogP contribution in [0.25, 0.3) is 5.57 Å². The zero-order chi connectivity index (χ0) is 11.1. The topological polar surface area (TPSA) is 25.8 Å². The molecule has 0 radical (unpaired) electrons. The number of hydrogen-bond acceptors (Lipinski definition) is 2. The van der Waals surface area contributed by atoms with Gasteiger partial charge in [-0.05, 0) is 26.3 Å². The van der Waals surface area contributed by atoms with Crippen LogP contribution < -0.4 is 0 Å². The highest BCUT2D eigenvalue weighted by atomic mass is 14.8. The van der Waals surface area contributed by atoms with Crippen molar-refractivity contribution in [2.75, 3.05) is 0 Å². The molecule has 1 heterocycles. The van der Waals surface area contributed by atoms with E-state index in [1.54, 1.807) is 18.5 Å². The Balaban J connectivity index is 2.57. The van der Waals surface area contributed by atoms with E-state index < -0.39 is 0 Å². The summed E-state index contributed by atoms with van der Waals surface area (Å²) in [5.41, 5.74) is 2.19. The van der Waals surface area contributed by atoms with E-state index in [2.05, 4.69) is 35.6 Å². The third kappa shape index (κ3) is 3.90. The molecule has 0 amide bonds. The average Bonchev–Trinajstić information content (AvgIpc) is 2.29. The van der Waals surface area contributed by atoms with Crippen LogP contribution in [0.2, 0.25) is 0 Å². The Hall–Kier alpha value is -1.70. The molecule has 0 spiro atoms. The van der Waals surface area contributed by atoms with E-state index in [0.717, 1.165) is 12.0 Å². The Morgan fingerprint density at radius 3 is 2.67 bits per heavy atom. The lowest BCUT2D eigenvalue weighted by atomic mass is 10.1. The molecule has 0 fully saturated rings. The van der Waals surface area contributed by atoms with Gasteiger partial charge < -0.3 is 0 Å². The molecule has 15 heavy (non-hydrogen) atoms. The van der Waals surface area contributed by atoms with Crippen molar-refractivity contribution in [2.24, 2.45) is 0 Å². The molecular formula is C13H16N2. The maximum Gasteiger partial charge on any atom is 0.158 e. The SMILES string of the molecule is C=C(C=CC/C(C)=C\C)c1ncccn1. The number of hydrogen-bond donors (Lipinski definition) is 0. The average molecular weight is 200 g/mol. The van der Waals surface area contributed by atoms with Gasteiger partial charge in [0.15, 0.2) is 5.82 Å². The summed E-state index contributed by atoms with van der Waals surface area (Å²) in [5.74, 6) is 0.687. The molecule has 1 aromatic heterocycles. The van der Waals surface area contributed by atoms with Crippen LogP contribution in [0.1, 0.15) is 26.1 Å². The summed E-state index contributed by atoms with van der Waals surface area (Å²) in [6.07, 6.45) is 10.5. The van der Waals surface area contributed by atoms with Crippen LogP contribution in [-0.4, -0.2) is 9.97 Å². The molecule has 0 aliphatic rings. The molecule has 2 heteroatoms. The Kier molecular flexibility index (Phi) is 4.48. The molecule has 1 rings (SSSR count). The zero-order valence-electron chi connectivity index (χ0n) is 9.27. The van der Waals surface area contributed by atoms with Crippen molar-refractivity contribution >= 4 is 5.57 Å². The minimum absolute atomic E-state index is 0.687. The Morgan fingerprint density at radius 1 is 1.40 bits per heavy atom. The van der Waals surface area contributed by atoms with E-state index in [0.29, 0.717) is 5.82 Å². The molecule has 1 aromatic rings. The normalized spacial score (nSPS) is 12.0. The molecule has 0 N–H and O–H groups in total. The van der Waals surface area contributed by atoms with E-state index in [-0.39, 0.29) is 0 Å². The Bertz CT molecular complexity index is 375. The third-order valence-electron chi connectivity index (χ3n) is 2.10. The number of nitrogens with zero attached hydrogens (tertiary/aromatic N) is 2. The first-order chi connectivity index (χ1) is 7.24. The van der Waals surface area contributed by atoms with Crippen LogP contribution in [0.3, 0.4) is 0 Å². The first kappa shape index (κ1) is 11.4. The standard InChI is InChI=1S/C13H16N2/c1-4-11(2)7-5-8-12(3)13-14-9-6-10-15-13/h4-6,8-10H,3,7H2,1-2H3/b8-5?,11-4-. The van der Waals surface area contributed by atoms with Gasteiger partial charge in [-0.3, -0.25) is 0 Å². The van der Waals surface area contributed by atoms with Crippen molar-refractivity contribution < 1.29 is 0 Å². The van der Waals surface area contributed by atoms with Gasteiger partial charge in [0, 0.05) is 18.0 Å². The van der Waals surface area contributed by atoms with Crippen LogP contribution in [0.4, 0.5) is 0 Å². The van der Waals surface area contributed by atoms with Crippen LogP contribution in [0.5, 0.6) is 0 Å². The predicted molar refractivity (Wildman–Crippen MR) is 64.3 cm³/mol. The predicted octanol–water partition coefficient (Wildman–Crippen LogP) is 3.40. The van der Waals surface area contributed by atoms with Crippen LogP contribution >= 0.6 is 0 Å². The van der Waals surface area contributed by atoms with E-state index in [4.69, 9.17) is 0 Å². The summed E-state index contributed by atoms with van der Waals surface area (Å²) in [4.78, 5) is 8.24. The summed E-state index contributed by atoms with van der Waals surface area (Å²) in [6, 6.07) is 1.80. The van der Waals surface area contributed by atoms with E-state index in [9.17, 15) is 0 Å². The molecule has 0 aliphatic heterocycles. The molecular weight excluding hydrogens is 184 g/mol. The molecule has 2 nitrogen and oxygen atoms in total. The van der Waals surface area contributed by atoms with Gasteiger partial charge in [0.1, 0.15) is 0 Å². The van der Waals surface area contributed by atoms with Gasteiger partial charge in [-0.15, -0.1) is 0 Å². The maximum absolute atomic E-state index is 4.12. The van der Waals surface area contributed by atoms with Crippen LogP contribution in [0.15, 0.2) is 48.8 Å². The second kappa shape index (κ2) is 5.91. The zero-order valence-corrected chi connectivity index (χ0v) is 9.27. The Labute approximate surface area is 91.1 Å². The number of aromatic nitrogens is 2. The van der Waals surface area contributed by atoms with Crippen molar-refractivity contribution in [1.29, 1.82) is 0 Å². The maximum atomic E-state index is 4.12. The van der Waals surface area contributed by atoms with Crippen LogP contribution in [-0.2, 0) is 0 Å². The van der Waals surface area contributed by atoms with Crippen molar-refractivity contribution in [2.45, 2.75) is 20.3 Å². The molecule has 0 aliphatic carbocycles. The highest BCUT2D eigenvalue weighted by molar-refractivity contribution is 5.66.